The molecule has 0 aromatic heterocycles. The third kappa shape index (κ3) is 3.26. The predicted molar refractivity (Wildman–Crippen MR) is 77.4 cm³/mol. The predicted octanol–water partition coefficient (Wildman–Crippen LogP) is 3.67. The van der Waals surface area contributed by atoms with Crippen molar-refractivity contribution in [2.24, 2.45) is 4.99 Å². The molecule has 0 aliphatic heterocycles. The molecule has 19 heavy (non-hydrogen) atoms. The quantitative estimate of drug-likeness (QED) is 0.865. The van der Waals surface area contributed by atoms with Crippen molar-refractivity contribution < 1.29 is 9.84 Å². The Bertz CT molecular complexity index is 596. The molecule has 0 atom stereocenters. The molecule has 0 saturated carbocycles. The van der Waals surface area contributed by atoms with Crippen LogP contribution in [0.2, 0.25) is 5.02 Å². The van der Waals surface area contributed by atoms with Crippen LogP contribution in [0.4, 0.5) is 0 Å². The SMILES string of the molecule is COc1cccc(O)c1C=NCc1ccccc1Cl. The highest BCUT2D eigenvalue weighted by Gasteiger charge is 2.05. The Balaban J connectivity index is 2.18. The molecule has 3 nitrogen and oxygen atoms in total. The lowest BCUT2D eigenvalue weighted by Crippen LogP contribution is -1.92. The molecule has 2 rings (SSSR count). The average Bonchev–Trinajstić information content (AvgIpc) is 2.42. The van der Waals surface area contributed by atoms with Crippen LogP contribution in [0.25, 0.3) is 0 Å². The largest absolute Gasteiger partial charge is 0.507 e. The maximum absolute atomic E-state index is 9.78. The van der Waals surface area contributed by atoms with Gasteiger partial charge in [0.05, 0.1) is 19.2 Å². The van der Waals surface area contributed by atoms with Gasteiger partial charge in [-0.05, 0) is 23.8 Å². The van der Waals surface area contributed by atoms with Gasteiger partial charge in [-0.1, -0.05) is 35.9 Å². The number of phenols is 1. The first-order valence-electron chi connectivity index (χ1n) is 5.81. The molecule has 0 aliphatic rings. The molecule has 4 heteroatoms. The molecule has 1 N–H and O–H groups in total. The monoisotopic (exact) mass is 275 g/mol. The van der Waals surface area contributed by atoms with Crippen molar-refractivity contribution >= 4 is 17.8 Å². The number of hydrogen-bond acceptors (Lipinski definition) is 3. The van der Waals surface area contributed by atoms with Gasteiger partial charge in [-0.3, -0.25) is 4.99 Å². The van der Waals surface area contributed by atoms with Gasteiger partial charge in [0.15, 0.2) is 0 Å². The molecule has 0 bridgehead atoms. The molecular weight excluding hydrogens is 262 g/mol. The van der Waals surface area contributed by atoms with Gasteiger partial charge in [0.2, 0.25) is 0 Å². The lowest BCUT2D eigenvalue weighted by molar-refractivity contribution is 0.406. The van der Waals surface area contributed by atoms with Gasteiger partial charge in [-0.2, -0.15) is 0 Å². The van der Waals surface area contributed by atoms with Crippen molar-refractivity contribution in [2.45, 2.75) is 6.54 Å². The molecule has 0 fully saturated rings. The highest BCUT2D eigenvalue weighted by molar-refractivity contribution is 6.31. The summed E-state index contributed by atoms with van der Waals surface area (Å²) in [6.45, 7) is 0.456. The van der Waals surface area contributed by atoms with Crippen LogP contribution in [0.5, 0.6) is 11.5 Å². The molecule has 2 aromatic carbocycles. The van der Waals surface area contributed by atoms with E-state index in [0.29, 0.717) is 22.9 Å². The van der Waals surface area contributed by atoms with E-state index in [-0.39, 0.29) is 5.75 Å². The van der Waals surface area contributed by atoms with Gasteiger partial charge in [0, 0.05) is 11.2 Å². The summed E-state index contributed by atoms with van der Waals surface area (Å²) in [6.07, 6.45) is 1.59. The third-order valence-electron chi connectivity index (χ3n) is 2.70. The summed E-state index contributed by atoms with van der Waals surface area (Å²) in [7, 11) is 1.56. The normalized spacial score (nSPS) is 10.8. The van der Waals surface area contributed by atoms with E-state index >= 15 is 0 Å². The van der Waals surface area contributed by atoms with Crippen molar-refractivity contribution in [3.05, 3.63) is 58.6 Å². The summed E-state index contributed by atoms with van der Waals surface area (Å²) in [6, 6.07) is 12.6. The number of rotatable bonds is 4. The Morgan fingerprint density at radius 2 is 2.00 bits per heavy atom. The summed E-state index contributed by atoms with van der Waals surface area (Å²) >= 11 is 6.05. The zero-order valence-electron chi connectivity index (χ0n) is 10.5. The zero-order valence-corrected chi connectivity index (χ0v) is 11.3. The van der Waals surface area contributed by atoms with Crippen LogP contribution in [-0.2, 0) is 6.54 Å². The highest BCUT2D eigenvalue weighted by Crippen LogP contribution is 2.25. The van der Waals surface area contributed by atoms with Crippen LogP contribution < -0.4 is 4.74 Å². The number of phenolic OH excluding ortho intramolecular Hbond substituents is 1. The number of aromatic hydroxyl groups is 1. The average molecular weight is 276 g/mol. The van der Waals surface area contributed by atoms with Gasteiger partial charge in [0.1, 0.15) is 11.5 Å². The second-order valence-corrected chi connectivity index (χ2v) is 4.36. The molecular formula is C15H14ClNO2. The number of hydrogen-bond donors (Lipinski definition) is 1. The lowest BCUT2D eigenvalue weighted by atomic mass is 10.2. The van der Waals surface area contributed by atoms with Gasteiger partial charge in [-0.25, -0.2) is 0 Å². The molecule has 0 aliphatic carbocycles. The summed E-state index contributed by atoms with van der Waals surface area (Å²) < 4.78 is 5.18. The van der Waals surface area contributed by atoms with Crippen molar-refractivity contribution in [1.82, 2.24) is 0 Å². The van der Waals surface area contributed by atoms with Gasteiger partial charge < -0.3 is 9.84 Å². The van der Waals surface area contributed by atoms with E-state index in [1.807, 2.05) is 24.3 Å². The number of benzene rings is 2. The number of nitrogens with zero attached hydrogens (tertiary/aromatic N) is 1. The van der Waals surface area contributed by atoms with Gasteiger partial charge in [-0.15, -0.1) is 0 Å². The first kappa shape index (κ1) is 13.4. The van der Waals surface area contributed by atoms with Crippen molar-refractivity contribution in [2.75, 3.05) is 7.11 Å². The fourth-order valence-electron chi connectivity index (χ4n) is 1.70. The van der Waals surface area contributed by atoms with Gasteiger partial charge >= 0.3 is 0 Å². The van der Waals surface area contributed by atoms with Crippen molar-refractivity contribution in [3.8, 4) is 11.5 Å². The molecule has 0 saturated heterocycles. The molecule has 0 radical (unpaired) electrons. The Kier molecular flexibility index (Phi) is 4.42. The van der Waals surface area contributed by atoms with Gasteiger partial charge in [0.25, 0.3) is 0 Å². The lowest BCUT2D eigenvalue weighted by Gasteiger charge is -2.06. The van der Waals surface area contributed by atoms with Crippen LogP contribution >= 0.6 is 11.6 Å². The first-order chi connectivity index (χ1) is 9.22. The van der Waals surface area contributed by atoms with E-state index in [0.717, 1.165) is 5.56 Å². The Morgan fingerprint density at radius 1 is 1.21 bits per heavy atom. The summed E-state index contributed by atoms with van der Waals surface area (Å²) in [5, 5.41) is 10.5. The van der Waals surface area contributed by atoms with Crippen molar-refractivity contribution in [3.63, 3.8) is 0 Å². The molecule has 0 spiro atoms. The number of ether oxygens (including phenoxy) is 1. The molecule has 2 aromatic rings. The number of methoxy groups -OCH3 is 1. The second kappa shape index (κ2) is 6.25. The number of aliphatic imine (C=N–C) groups is 1. The van der Waals surface area contributed by atoms with E-state index in [9.17, 15) is 5.11 Å². The van der Waals surface area contributed by atoms with Crippen LogP contribution in [-0.4, -0.2) is 18.4 Å². The molecule has 0 amide bonds. The van der Waals surface area contributed by atoms with E-state index < -0.39 is 0 Å². The molecule has 0 unspecified atom stereocenters. The maximum Gasteiger partial charge on any atom is 0.131 e. The summed E-state index contributed by atoms with van der Waals surface area (Å²) in [5.74, 6) is 0.727. The fourth-order valence-corrected chi connectivity index (χ4v) is 1.90. The van der Waals surface area contributed by atoms with Crippen LogP contribution in [0.15, 0.2) is 47.5 Å². The summed E-state index contributed by atoms with van der Waals surface area (Å²) in [5.41, 5.74) is 1.51. The summed E-state index contributed by atoms with van der Waals surface area (Å²) in [4.78, 5) is 4.29. The van der Waals surface area contributed by atoms with Crippen LogP contribution in [0.3, 0.4) is 0 Å². The third-order valence-corrected chi connectivity index (χ3v) is 3.07. The minimum absolute atomic E-state index is 0.141. The smallest absolute Gasteiger partial charge is 0.131 e. The first-order valence-corrected chi connectivity index (χ1v) is 6.19. The number of halogens is 1. The van der Waals surface area contributed by atoms with E-state index in [2.05, 4.69) is 4.99 Å². The zero-order chi connectivity index (χ0) is 13.7. The highest BCUT2D eigenvalue weighted by atomic mass is 35.5. The van der Waals surface area contributed by atoms with E-state index in [4.69, 9.17) is 16.3 Å². The Hall–Kier alpha value is -2.00. The Morgan fingerprint density at radius 3 is 2.74 bits per heavy atom. The Labute approximate surface area is 117 Å². The molecule has 98 valence electrons. The van der Waals surface area contributed by atoms with Crippen molar-refractivity contribution in [1.29, 1.82) is 0 Å². The van der Waals surface area contributed by atoms with Crippen LogP contribution in [0.1, 0.15) is 11.1 Å². The van der Waals surface area contributed by atoms with E-state index in [1.54, 1.807) is 31.5 Å². The maximum atomic E-state index is 9.78. The minimum atomic E-state index is 0.141. The molecule has 0 heterocycles. The standard InChI is InChI=1S/C15H14ClNO2/c1-19-15-8-4-7-14(18)12(15)10-17-9-11-5-2-3-6-13(11)16/h2-8,10,18H,9H2,1H3. The second-order valence-electron chi connectivity index (χ2n) is 3.95. The topological polar surface area (TPSA) is 41.8 Å². The fraction of sp³-hybridized carbons (Fsp3) is 0.133. The minimum Gasteiger partial charge on any atom is -0.507 e. The van der Waals surface area contributed by atoms with Crippen LogP contribution in [0, 0.1) is 0 Å². The van der Waals surface area contributed by atoms with E-state index in [1.165, 1.54) is 0 Å².